The molecule has 0 saturated heterocycles. The van der Waals surface area contributed by atoms with E-state index in [1.807, 2.05) is 0 Å². The van der Waals surface area contributed by atoms with E-state index in [0.717, 1.165) is 0 Å². The zero-order valence-corrected chi connectivity index (χ0v) is 12.0. The predicted molar refractivity (Wildman–Crippen MR) is 75.2 cm³/mol. The number of nitrogens with zero attached hydrogens (tertiary/aromatic N) is 2. The molecule has 1 aromatic rings. The first-order valence-corrected chi connectivity index (χ1v) is 6.99. The van der Waals surface area contributed by atoms with Crippen molar-refractivity contribution in [3.05, 3.63) is 32.6 Å². The molecule has 5 heteroatoms. The van der Waals surface area contributed by atoms with Crippen LogP contribution in [-0.2, 0) is 20.6 Å². The Hall–Kier alpha value is -1.36. The molecule has 0 radical (unpaired) electrons. The Morgan fingerprint density at radius 2 is 1.95 bits per heavy atom. The predicted octanol–water partition coefficient (Wildman–Crippen LogP) is 0.752. The molecule has 1 saturated carbocycles. The van der Waals surface area contributed by atoms with E-state index in [-0.39, 0.29) is 11.2 Å². The van der Waals surface area contributed by atoms with Crippen LogP contribution >= 0.6 is 0 Å². The van der Waals surface area contributed by atoms with Gasteiger partial charge in [0.1, 0.15) is 0 Å². The van der Waals surface area contributed by atoms with Crippen LogP contribution in [0.25, 0.3) is 0 Å². The van der Waals surface area contributed by atoms with Crippen LogP contribution < -0.4 is 16.6 Å². The van der Waals surface area contributed by atoms with Gasteiger partial charge in [-0.05, 0) is 18.8 Å². The molecule has 5 nitrogen and oxygen atoms in total. The molecular formula is C14H23N3O2. The summed E-state index contributed by atoms with van der Waals surface area (Å²) in [5.41, 5.74) is 0.182. The van der Waals surface area contributed by atoms with Crippen molar-refractivity contribution in [3.63, 3.8) is 0 Å². The third kappa shape index (κ3) is 2.97. The number of hydrogen-bond donors (Lipinski definition) is 1. The normalized spacial score (nSPS) is 23.5. The lowest BCUT2D eigenvalue weighted by atomic mass is 9.86. The molecule has 0 spiro atoms. The molecule has 19 heavy (non-hydrogen) atoms. The summed E-state index contributed by atoms with van der Waals surface area (Å²) in [5.74, 6) is 0.658. The Balaban J connectivity index is 2.12. The molecule has 1 aromatic heterocycles. The van der Waals surface area contributed by atoms with Crippen LogP contribution in [0.15, 0.2) is 15.8 Å². The van der Waals surface area contributed by atoms with E-state index in [2.05, 4.69) is 12.2 Å². The lowest BCUT2D eigenvalue weighted by Gasteiger charge is -2.29. The van der Waals surface area contributed by atoms with E-state index in [1.54, 1.807) is 13.2 Å². The summed E-state index contributed by atoms with van der Waals surface area (Å²) in [6.07, 6.45) is 6.63. The minimum Gasteiger partial charge on any atom is -0.309 e. The lowest BCUT2D eigenvalue weighted by Crippen LogP contribution is -2.42. The van der Waals surface area contributed by atoms with Crippen LogP contribution in [-0.4, -0.2) is 15.2 Å². The molecule has 2 unspecified atom stereocenters. The first-order chi connectivity index (χ1) is 9.00. The molecule has 0 aromatic carbocycles. The highest BCUT2D eigenvalue weighted by molar-refractivity contribution is 5.05. The molecule has 1 aliphatic carbocycles. The number of aromatic nitrogens is 2. The maximum Gasteiger partial charge on any atom is 0.330 e. The number of aryl methyl sites for hydroxylation is 1. The average molecular weight is 265 g/mol. The van der Waals surface area contributed by atoms with Gasteiger partial charge in [0.2, 0.25) is 0 Å². The van der Waals surface area contributed by atoms with Crippen molar-refractivity contribution in [2.75, 3.05) is 0 Å². The Bertz CT molecular complexity index is 559. The van der Waals surface area contributed by atoms with Crippen LogP contribution in [0.2, 0.25) is 0 Å². The fourth-order valence-corrected chi connectivity index (χ4v) is 2.86. The van der Waals surface area contributed by atoms with Crippen molar-refractivity contribution in [1.29, 1.82) is 0 Å². The van der Waals surface area contributed by atoms with E-state index in [4.69, 9.17) is 0 Å². The van der Waals surface area contributed by atoms with Gasteiger partial charge in [0.25, 0.3) is 5.56 Å². The van der Waals surface area contributed by atoms with Crippen LogP contribution in [0.4, 0.5) is 0 Å². The van der Waals surface area contributed by atoms with Crippen molar-refractivity contribution >= 4 is 0 Å². The summed E-state index contributed by atoms with van der Waals surface area (Å²) in [6.45, 7) is 2.80. The van der Waals surface area contributed by atoms with Crippen molar-refractivity contribution < 1.29 is 0 Å². The van der Waals surface area contributed by atoms with E-state index in [0.29, 0.717) is 24.1 Å². The minimum atomic E-state index is -0.278. The highest BCUT2D eigenvalue weighted by Gasteiger charge is 2.21. The average Bonchev–Trinajstić information content (AvgIpc) is 2.40. The fourth-order valence-electron chi connectivity index (χ4n) is 2.86. The molecule has 106 valence electrons. The second-order valence-corrected chi connectivity index (χ2v) is 5.66. The molecule has 2 rings (SSSR count). The SMILES string of the molecule is CC1CCCCC1NCc1cn(C)c(=O)n(C)c1=O. The highest BCUT2D eigenvalue weighted by Crippen LogP contribution is 2.23. The van der Waals surface area contributed by atoms with Crippen LogP contribution in [0.3, 0.4) is 0 Å². The van der Waals surface area contributed by atoms with Gasteiger partial charge in [-0.3, -0.25) is 9.36 Å². The van der Waals surface area contributed by atoms with Gasteiger partial charge in [-0.15, -0.1) is 0 Å². The molecule has 0 amide bonds. The smallest absolute Gasteiger partial charge is 0.309 e. The molecular weight excluding hydrogens is 242 g/mol. The molecule has 1 fully saturated rings. The topological polar surface area (TPSA) is 56.0 Å². The summed E-state index contributed by atoms with van der Waals surface area (Å²) in [5, 5.41) is 3.47. The van der Waals surface area contributed by atoms with E-state index in [9.17, 15) is 9.59 Å². The minimum absolute atomic E-state index is 0.195. The van der Waals surface area contributed by atoms with Crippen molar-refractivity contribution in [2.45, 2.75) is 45.2 Å². The van der Waals surface area contributed by atoms with Gasteiger partial charge >= 0.3 is 5.69 Å². The van der Waals surface area contributed by atoms with Gasteiger partial charge in [-0.2, -0.15) is 0 Å². The Kier molecular flexibility index (Phi) is 4.24. The summed E-state index contributed by atoms with van der Waals surface area (Å²) in [7, 11) is 3.20. The molecule has 2 atom stereocenters. The zero-order chi connectivity index (χ0) is 14.0. The van der Waals surface area contributed by atoms with E-state index in [1.165, 1.54) is 41.9 Å². The zero-order valence-electron chi connectivity index (χ0n) is 12.0. The van der Waals surface area contributed by atoms with Gasteiger partial charge in [0, 0.05) is 38.4 Å². The quantitative estimate of drug-likeness (QED) is 0.877. The van der Waals surface area contributed by atoms with Crippen LogP contribution in [0.5, 0.6) is 0 Å². The van der Waals surface area contributed by atoms with Crippen molar-refractivity contribution in [2.24, 2.45) is 20.0 Å². The summed E-state index contributed by atoms with van der Waals surface area (Å²) in [6, 6.07) is 0.482. The van der Waals surface area contributed by atoms with Crippen molar-refractivity contribution in [1.82, 2.24) is 14.5 Å². The summed E-state index contributed by atoms with van der Waals surface area (Å²) in [4.78, 5) is 23.6. The number of rotatable bonds is 3. The first kappa shape index (κ1) is 14.1. The molecule has 0 bridgehead atoms. The molecule has 1 heterocycles. The maximum absolute atomic E-state index is 12.0. The largest absolute Gasteiger partial charge is 0.330 e. The lowest BCUT2D eigenvalue weighted by molar-refractivity contribution is 0.279. The van der Waals surface area contributed by atoms with Crippen molar-refractivity contribution in [3.8, 4) is 0 Å². The van der Waals surface area contributed by atoms with Gasteiger partial charge in [-0.1, -0.05) is 19.8 Å². The van der Waals surface area contributed by atoms with Gasteiger partial charge in [0.05, 0.1) is 0 Å². The van der Waals surface area contributed by atoms with Gasteiger partial charge in [0.15, 0.2) is 0 Å². The third-order valence-corrected chi connectivity index (χ3v) is 4.18. The first-order valence-electron chi connectivity index (χ1n) is 6.99. The highest BCUT2D eigenvalue weighted by atomic mass is 16.2. The Morgan fingerprint density at radius 3 is 2.63 bits per heavy atom. The monoisotopic (exact) mass is 265 g/mol. The molecule has 1 aliphatic rings. The standard InChI is InChI=1S/C14H23N3O2/c1-10-6-4-5-7-12(10)15-8-11-9-16(2)14(19)17(3)13(11)18/h9-10,12,15H,4-8H2,1-3H3. The number of hydrogen-bond acceptors (Lipinski definition) is 3. The summed E-state index contributed by atoms with van der Waals surface area (Å²) >= 11 is 0. The Morgan fingerprint density at radius 1 is 1.26 bits per heavy atom. The van der Waals surface area contributed by atoms with E-state index < -0.39 is 0 Å². The van der Waals surface area contributed by atoms with Gasteiger partial charge < -0.3 is 9.88 Å². The van der Waals surface area contributed by atoms with E-state index >= 15 is 0 Å². The van der Waals surface area contributed by atoms with Gasteiger partial charge in [-0.25, -0.2) is 4.79 Å². The second kappa shape index (κ2) is 5.74. The van der Waals surface area contributed by atoms with Crippen LogP contribution in [0, 0.1) is 5.92 Å². The maximum atomic E-state index is 12.0. The third-order valence-electron chi connectivity index (χ3n) is 4.18. The molecule has 0 aliphatic heterocycles. The Labute approximate surface area is 113 Å². The fraction of sp³-hybridized carbons (Fsp3) is 0.714. The second-order valence-electron chi connectivity index (χ2n) is 5.66. The summed E-state index contributed by atoms with van der Waals surface area (Å²) < 4.78 is 2.63. The molecule has 1 N–H and O–H groups in total. The number of nitrogens with one attached hydrogen (secondary N) is 1. The van der Waals surface area contributed by atoms with Crippen LogP contribution in [0.1, 0.15) is 38.2 Å².